The van der Waals surface area contributed by atoms with Crippen molar-refractivity contribution in [3.8, 4) is 0 Å². The molecule has 0 bridgehead atoms. The van der Waals surface area contributed by atoms with Gasteiger partial charge in [-0.15, -0.1) is 0 Å². The van der Waals surface area contributed by atoms with Gasteiger partial charge in [-0.1, -0.05) is 0 Å². The van der Waals surface area contributed by atoms with Gasteiger partial charge in [0, 0.05) is 23.8 Å². The van der Waals surface area contributed by atoms with E-state index in [0.717, 1.165) is 11.8 Å². The number of anilines is 2. The number of nitrogen functional groups attached to an aromatic ring is 2. The highest BCUT2D eigenvalue weighted by molar-refractivity contribution is 8.14. The summed E-state index contributed by atoms with van der Waals surface area (Å²) in [7, 11) is 0. The fourth-order valence-corrected chi connectivity index (χ4v) is 2.09. The first-order valence-corrected chi connectivity index (χ1v) is 6.14. The molecule has 8 nitrogen and oxygen atoms in total. The molecule has 0 amide bonds. The van der Waals surface area contributed by atoms with E-state index in [9.17, 15) is 14.9 Å². The molecule has 0 fully saturated rings. The predicted octanol–water partition coefficient (Wildman–Crippen LogP) is 1.48. The summed E-state index contributed by atoms with van der Waals surface area (Å²) < 4.78 is 0. The van der Waals surface area contributed by atoms with E-state index in [4.69, 9.17) is 11.5 Å². The smallest absolute Gasteiger partial charge is 0.269 e. The molecule has 9 heteroatoms. The van der Waals surface area contributed by atoms with Crippen LogP contribution in [0.25, 0.3) is 0 Å². The molecule has 1 aromatic carbocycles. The van der Waals surface area contributed by atoms with Crippen molar-refractivity contribution in [1.82, 2.24) is 9.97 Å². The average Bonchev–Trinajstić information content (AvgIpc) is 2.37. The molecule has 2 rings (SSSR count). The van der Waals surface area contributed by atoms with Gasteiger partial charge >= 0.3 is 0 Å². The van der Waals surface area contributed by atoms with Crippen LogP contribution in [0.5, 0.6) is 0 Å². The normalized spacial score (nSPS) is 10.2. The third-order valence-electron chi connectivity index (χ3n) is 2.24. The van der Waals surface area contributed by atoms with Crippen LogP contribution in [0.15, 0.2) is 35.5 Å². The molecule has 1 heterocycles. The van der Waals surface area contributed by atoms with Crippen molar-refractivity contribution in [2.75, 3.05) is 11.5 Å². The largest absolute Gasteiger partial charge is 0.383 e. The average molecular weight is 291 g/mol. The molecule has 0 aliphatic rings. The topological polar surface area (TPSA) is 138 Å². The fraction of sp³-hybridized carbons (Fsp3) is 0. The van der Waals surface area contributed by atoms with Gasteiger partial charge in [0.1, 0.15) is 11.6 Å². The predicted molar refractivity (Wildman–Crippen MR) is 74.1 cm³/mol. The van der Waals surface area contributed by atoms with Crippen molar-refractivity contribution >= 4 is 34.2 Å². The van der Waals surface area contributed by atoms with Crippen LogP contribution in [0.3, 0.4) is 0 Å². The zero-order valence-corrected chi connectivity index (χ0v) is 10.8. The Morgan fingerprint density at radius 1 is 1.15 bits per heavy atom. The Labute approximate surface area is 117 Å². The van der Waals surface area contributed by atoms with Gasteiger partial charge < -0.3 is 11.5 Å². The van der Waals surface area contributed by atoms with Crippen LogP contribution < -0.4 is 11.5 Å². The van der Waals surface area contributed by atoms with E-state index in [1.54, 1.807) is 0 Å². The quantitative estimate of drug-likeness (QED) is 0.375. The number of hydrogen-bond donors (Lipinski definition) is 2. The van der Waals surface area contributed by atoms with E-state index in [0.29, 0.717) is 5.56 Å². The highest BCUT2D eigenvalue weighted by Crippen LogP contribution is 2.22. The highest BCUT2D eigenvalue weighted by Gasteiger charge is 2.13. The summed E-state index contributed by atoms with van der Waals surface area (Å²) in [5.74, 6) is 0.327. The van der Waals surface area contributed by atoms with Crippen LogP contribution >= 0.6 is 11.8 Å². The van der Waals surface area contributed by atoms with E-state index >= 15 is 0 Å². The van der Waals surface area contributed by atoms with Crippen LogP contribution in [-0.4, -0.2) is 20.0 Å². The molecule has 1 aromatic heterocycles. The molecule has 102 valence electrons. The summed E-state index contributed by atoms with van der Waals surface area (Å²) in [5.41, 5.74) is 11.2. The highest BCUT2D eigenvalue weighted by atomic mass is 32.2. The lowest BCUT2D eigenvalue weighted by Crippen LogP contribution is -2.02. The van der Waals surface area contributed by atoms with Gasteiger partial charge in [-0.3, -0.25) is 14.9 Å². The van der Waals surface area contributed by atoms with Gasteiger partial charge in [-0.2, -0.15) is 0 Å². The summed E-state index contributed by atoms with van der Waals surface area (Å²) in [6, 6.07) is 6.61. The van der Waals surface area contributed by atoms with Crippen LogP contribution in [0, 0.1) is 10.1 Å². The van der Waals surface area contributed by atoms with E-state index in [1.807, 2.05) is 0 Å². The van der Waals surface area contributed by atoms with Crippen molar-refractivity contribution in [2.45, 2.75) is 5.16 Å². The Bertz CT molecular complexity index is 654. The Kier molecular flexibility index (Phi) is 3.80. The Morgan fingerprint density at radius 2 is 1.70 bits per heavy atom. The van der Waals surface area contributed by atoms with E-state index in [2.05, 4.69) is 9.97 Å². The summed E-state index contributed by atoms with van der Waals surface area (Å²) >= 11 is 0.748. The lowest BCUT2D eigenvalue weighted by atomic mass is 10.2. The van der Waals surface area contributed by atoms with Crippen molar-refractivity contribution in [1.29, 1.82) is 0 Å². The maximum absolute atomic E-state index is 11.9. The minimum Gasteiger partial charge on any atom is -0.383 e. The first-order chi connectivity index (χ1) is 9.45. The van der Waals surface area contributed by atoms with E-state index in [1.165, 1.54) is 30.3 Å². The summed E-state index contributed by atoms with van der Waals surface area (Å²) in [6.07, 6.45) is 0. The zero-order valence-electron chi connectivity index (χ0n) is 10.0. The molecular formula is C11H9N5O3S. The van der Waals surface area contributed by atoms with Crippen LogP contribution in [-0.2, 0) is 0 Å². The molecule has 0 aliphatic heterocycles. The first kappa shape index (κ1) is 13.7. The number of nitro groups is 1. The summed E-state index contributed by atoms with van der Waals surface area (Å²) in [6.45, 7) is 0. The van der Waals surface area contributed by atoms with Crippen LogP contribution in [0.2, 0.25) is 0 Å². The number of non-ortho nitro benzene ring substituents is 1. The van der Waals surface area contributed by atoms with E-state index in [-0.39, 0.29) is 27.6 Å². The monoisotopic (exact) mass is 291 g/mol. The maximum Gasteiger partial charge on any atom is 0.269 e. The number of nitrogens with zero attached hydrogens (tertiary/aromatic N) is 3. The Balaban J connectivity index is 2.17. The number of nitro benzene ring substituents is 1. The molecule has 0 saturated carbocycles. The van der Waals surface area contributed by atoms with Crippen molar-refractivity contribution < 1.29 is 9.72 Å². The lowest BCUT2D eigenvalue weighted by Gasteiger charge is -2.02. The molecule has 20 heavy (non-hydrogen) atoms. The molecule has 4 N–H and O–H groups in total. The standard InChI is InChI=1S/C11H9N5O3S/c12-8-5-9(13)15-11(14-8)20-10(17)6-1-3-7(4-2-6)16(18)19/h1-5H,(H4,12,13,14,15). The second kappa shape index (κ2) is 5.53. The molecular weight excluding hydrogens is 282 g/mol. The second-order valence-corrected chi connectivity index (χ2v) is 4.63. The number of nitrogens with two attached hydrogens (primary N) is 2. The third-order valence-corrected chi connectivity index (χ3v) is 3.03. The number of thioether (sulfide) groups is 1. The summed E-state index contributed by atoms with van der Waals surface area (Å²) in [5, 5.41) is 10.3. The van der Waals surface area contributed by atoms with Crippen molar-refractivity contribution in [3.05, 3.63) is 46.0 Å². The van der Waals surface area contributed by atoms with Gasteiger partial charge in [-0.05, 0) is 23.9 Å². The molecule has 2 aromatic rings. The number of carbonyl (C=O) groups is 1. The number of hydrogen-bond acceptors (Lipinski definition) is 8. The number of aromatic nitrogens is 2. The molecule has 0 aliphatic carbocycles. The zero-order chi connectivity index (χ0) is 14.7. The second-order valence-electron chi connectivity index (χ2n) is 3.69. The molecule has 0 saturated heterocycles. The van der Waals surface area contributed by atoms with Crippen LogP contribution in [0.1, 0.15) is 10.4 Å². The SMILES string of the molecule is Nc1cc(N)nc(SC(=O)c2ccc([N+](=O)[O-])cc2)n1. The van der Waals surface area contributed by atoms with Crippen LogP contribution in [0.4, 0.5) is 17.3 Å². The number of benzene rings is 1. The minimum absolute atomic E-state index is 0.0870. The Morgan fingerprint density at radius 3 is 2.20 bits per heavy atom. The number of carbonyl (C=O) groups excluding carboxylic acids is 1. The number of rotatable bonds is 3. The van der Waals surface area contributed by atoms with Crippen molar-refractivity contribution in [3.63, 3.8) is 0 Å². The van der Waals surface area contributed by atoms with Gasteiger partial charge in [0.05, 0.1) is 4.92 Å². The Hall–Kier alpha value is -2.68. The summed E-state index contributed by atoms with van der Waals surface area (Å²) in [4.78, 5) is 29.7. The maximum atomic E-state index is 11.9. The fourth-order valence-electron chi connectivity index (χ4n) is 1.37. The lowest BCUT2D eigenvalue weighted by molar-refractivity contribution is -0.384. The van der Waals surface area contributed by atoms with Crippen molar-refractivity contribution in [2.24, 2.45) is 0 Å². The van der Waals surface area contributed by atoms with Gasteiger partial charge in [0.25, 0.3) is 5.69 Å². The minimum atomic E-state index is -0.539. The van der Waals surface area contributed by atoms with Gasteiger partial charge in [0.2, 0.25) is 5.12 Å². The molecule has 0 spiro atoms. The molecule has 0 atom stereocenters. The van der Waals surface area contributed by atoms with Gasteiger partial charge in [0.15, 0.2) is 5.16 Å². The van der Waals surface area contributed by atoms with E-state index < -0.39 is 4.92 Å². The third kappa shape index (κ3) is 3.20. The molecule has 0 radical (unpaired) electrons. The first-order valence-electron chi connectivity index (χ1n) is 5.32. The molecule has 0 unspecified atom stereocenters. The van der Waals surface area contributed by atoms with Gasteiger partial charge in [-0.25, -0.2) is 9.97 Å².